The van der Waals surface area contributed by atoms with Crippen LogP contribution in [0.5, 0.6) is 0 Å². The van der Waals surface area contributed by atoms with Crippen LogP contribution < -0.4 is 0 Å². The molecule has 0 aliphatic carbocycles. The van der Waals surface area contributed by atoms with Crippen LogP contribution in [0.4, 0.5) is 4.79 Å². The zero-order valence-electron chi connectivity index (χ0n) is 9.49. The van der Waals surface area contributed by atoms with Gasteiger partial charge in [-0.3, -0.25) is 0 Å². The van der Waals surface area contributed by atoms with Gasteiger partial charge < -0.3 is 14.4 Å². The molecule has 1 atom stereocenters. The SMILES string of the molecule is C=C(C)OC(=O)N1CCC[C@@H]1COCC. The third-order valence-electron chi connectivity index (χ3n) is 2.39. The molecule has 1 amide bonds. The predicted octanol–water partition coefficient (Wildman–Crippen LogP) is 2.16. The second-order valence-corrected chi connectivity index (χ2v) is 3.72. The summed E-state index contributed by atoms with van der Waals surface area (Å²) in [5.74, 6) is 0.432. The summed E-state index contributed by atoms with van der Waals surface area (Å²) in [7, 11) is 0. The molecule has 0 unspecified atom stereocenters. The molecule has 4 heteroatoms. The maximum absolute atomic E-state index is 11.6. The molecule has 1 aliphatic heterocycles. The van der Waals surface area contributed by atoms with Gasteiger partial charge in [-0.15, -0.1) is 0 Å². The lowest BCUT2D eigenvalue weighted by Crippen LogP contribution is -2.38. The number of carbonyl (C=O) groups is 1. The Bertz CT molecular complexity index is 240. The van der Waals surface area contributed by atoms with Crippen LogP contribution in [0.2, 0.25) is 0 Å². The van der Waals surface area contributed by atoms with Gasteiger partial charge in [-0.25, -0.2) is 4.79 Å². The number of hydrogen-bond acceptors (Lipinski definition) is 3. The summed E-state index contributed by atoms with van der Waals surface area (Å²) in [5, 5.41) is 0. The fourth-order valence-corrected chi connectivity index (χ4v) is 1.71. The van der Waals surface area contributed by atoms with E-state index in [1.807, 2.05) is 6.92 Å². The van der Waals surface area contributed by atoms with E-state index in [-0.39, 0.29) is 12.1 Å². The van der Waals surface area contributed by atoms with Crippen molar-refractivity contribution in [1.82, 2.24) is 4.90 Å². The van der Waals surface area contributed by atoms with Gasteiger partial charge >= 0.3 is 6.09 Å². The highest BCUT2D eigenvalue weighted by Crippen LogP contribution is 2.19. The average molecular weight is 213 g/mol. The molecule has 0 N–H and O–H groups in total. The lowest BCUT2D eigenvalue weighted by molar-refractivity contribution is 0.0735. The van der Waals surface area contributed by atoms with Gasteiger partial charge in [0.15, 0.2) is 0 Å². The molecule has 1 aliphatic rings. The highest BCUT2D eigenvalue weighted by molar-refractivity contribution is 5.69. The third kappa shape index (κ3) is 3.55. The highest BCUT2D eigenvalue weighted by atomic mass is 16.6. The normalized spacial score (nSPS) is 20.4. The molecule has 0 bridgehead atoms. The Labute approximate surface area is 90.8 Å². The molecular formula is C11H19NO3. The molecule has 0 spiro atoms. The molecule has 0 aromatic heterocycles. The Morgan fingerprint density at radius 2 is 2.33 bits per heavy atom. The first-order valence-corrected chi connectivity index (χ1v) is 5.36. The molecule has 0 aromatic rings. The van der Waals surface area contributed by atoms with Crippen molar-refractivity contribution in [2.75, 3.05) is 19.8 Å². The summed E-state index contributed by atoms with van der Waals surface area (Å²) in [4.78, 5) is 13.3. The molecule has 1 rings (SSSR count). The van der Waals surface area contributed by atoms with Gasteiger partial charge in [-0.05, 0) is 26.7 Å². The zero-order valence-corrected chi connectivity index (χ0v) is 9.49. The van der Waals surface area contributed by atoms with Gasteiger partial charge in [0.2, 0.25) is 0 Å². The summed E-state index contributed by atoms with van der Waals surface area (Å²) in [6, 6.07) is 0.164. The van der Waals surface area contributed by atoms with Crippen LogP contribution in [-0.4, -0.2) is 36.8 Å². The Kier molecular flexibility index (Phi) is 4.62. The van der Waals surface area contributed by atoms with Crippen LogP contribution in [-0.2, 0) is 9.47 Å². The van der Waals surface area contributed by atoms with E-state index >= 15 is 0 Å². The van der Waals surface area contributed by atoms with Crippen molar-refractivity contribution in [2.24, 2.45) is 0 Å². The van der Waals surface area contributed by atoms with E-state index in [9.17, 15) is 4.79 Å². The fraction of sp³-hybridized carbons (Fsp3) is 0.727. The van der Waals surface area contributed by atoms with Crippen LogP contribution in [0.1, 0.15) is 26.7 Å². The Morgan fingerprint density at radius 1 is 1.60 bits per heavy atom. The van der Waals surface area contributed by atoms with Crippen LogP contribution in [0.15, 0.2) is 12.3 Å². The van der Waals surface area contributed by atoms with Gasteiger partial charge in [0.05, 0.1) is 18.4 Å². The minimum atomic E-state index is -0.301. The van der Waals surface area contributed by atoms with Crippen LogP contribution in [0.3, 0.4) is 0 Å². The number of hydrogen-bond donors (Lipinski definition) is 0. The number of ether oxygens (including phenoxy) is 2. The first kappa shape index (κ1) is 12.0. The van der Waals surface area contributed by atoms with Crippen molar-refractivity contribution in [3.05, 3.63) is 12.3 Å². The van der Waals surface area contributed by atoms with Crippen molar-refractivity contribution < 1.29 is 14.3 Å². The van der Waals surface area contributed by atoms with E-state index < -0.39 is 0 Å². The quantitative estimate of drug-likeness (QED) is 0.672. The molecule has 0 aromatic carbocycles. The number of allylic oxidation sites excluding steroid dienone is 1. The first-order chi connectivity index (χ1) is 7.15. The molecule has 0 saturated carbocycles. The van der Waals surface area contributed by atoms with Crippen LogP contribution in [0, 0.1) is 0 Å². The fourth-order valence-electron chi connectivity index (χ4n) is 1.71. The molecule has 1 saturated heterocycles. The molecule has 1 fully saturated rings. The monoisotopic (exact) mass is 213 g/mol. The first-order valence-electron chi connectivity index (χ1n) is 5.36. The van der Waals surface area contributed by atoms with Crippen molar-refractivity contribution >= 4 is 6.09 Å². The number of carbonyl (C=O) groups excluding carboxylic acids is 1. The molecular weight excluding hydrogens is 194 g/mol. The zero-order chi connectivity index (χ0) is 11.3. The lowest BCUT2D eigenvalue weighted by atomic mass is 10.2. The van der Waals surface area contributed by atoms with Crippen molar-refractivity contribution in [2.45, 2.75) is 32.7 Å². The molecule has 0 radical (unpaired) electrons. The van der Waals surface area contributed by atoms with Gasteiger partial charge in [-0.1, -0.05) is 6.58 Å². The van der Waals surface area contributed by atoms with E-state index in [1.165, 1.54) is 0 Å². The van der Waals surface area contributed by atoms with Crippen molar-refractivity contribution in [3.63, 3.8) is 0 Å². The van der Waals surface area contributed by atoms with E-state index in [0.29, 0.717) is 19.0 Å². The summed E-state index contributed by atoms with van der Waals surface area (Å²) in [5.41, 5.74) is 0. The summed E-state index contributed by atoms with van der Waals surface area (Å²) in [6.07, 6.45) is 1.71. The molecule has 4 nitrogen and oxygen atoms in total. The van der Waals surface area contributed by atoms with E-state index in [2.05, 4.69) is 6.58 Å². The second kappa shape index (κ2) is 5.75. The van der Waals surface area contributed by atoms with Crippen LogP contribution >= 0.6 is 0 Å². The highest BCUT2D eigenvalue weighted by Gasteiger charge is 2.29. The average Bonchev–Trinajstić information content (AvgIpc) is 2.61. The molecule has 86 valence electrons. The minimum Gasteiger partial charge on any atom is -0.416 e. The summed E-state index contributed by atoms with van der Waals surface area (Å²) in [6.45, 7) is 9.21. The van der Waals surface area contributed by atoms with Gasteiger partial charge in [0.1, 0.15) is 0 Å². The lowest BCUT2D eigenvalue weighted by Gasteiger charge is -2.23. The smallest absolute Gasteiger partial charge is 0.415 e. The number of nitrogens with zero attached hydrogens (tertiary/aromatic N) is 1. The Hall–Kier alpha value is -1.03. The van der Waals surface area contributed by atoms with Crippen molar-refractivity contribution in [1.29, 1.82) is 0 Å². The van der Waals surface area contributed by atoms with E-state index in [4.69, 9.17) is 9.47 Å². The minimum absolute atomic E-state index is 0.164. The van der Waals surface area contributed by atoms with Gasteiger partial charge in [0.25, 0.3) is 0 Å². The van der Waals surface area contributed by atoms with Crippen LogP contribution in [0.25, 0.3) is 0 Å². The molecule has 15 heavy (non-hydrogen) atoms. The van der Waals surface area contributed by atoms with Gasteiger partial charge in [-0.2, -0.15) is 0 Å². The topological polar surface area (TPSA) is 38.8 Å². The predicted molar refractivity (Wildman–Crippen MR) is 57.5 cm³/mol. The summed E-state index contributed by atoms with van der Waals surface area (Å²) >= 11 is 0. The second-order valence-electron chi connectivity index (χ2n) is 3.72. The van der Waals surface area contributed by atoms with Crippen molar-refractivity contribution in [3.8, 4) is 0 Å². The molecule has 1 heterocycles. The third-order valence-corrected chi connectivity index (χ3v) is 2.39. The largest absolute Gasteiger partial charge is 0.416 e. The number of likely N-dealkylation sites (tertiary alicyclic amines) is 1. The Morgan fingerprint density at radius 3 is 2.93 bits per heavy atom. The maximum atomic E-state index is 11.6. The number of rotatable bonds is 4. The standard InChI is InChI=1S/C11H19NO3/c1-4-14-8-10-6-5-7-12(10)11(13)15-9(2)3/h10H,2,4-8H2,1,3H3/t10-/m1/s1. The summed E-state index contributed by atoms with van der Waals surface area (Å²) < 4.78 is 10.3. The van der Waals surface area contributed by atoms with E-state index in [0.717, 1.165) is 19.4 Å². The maximum Gasteiger partial charge on any atom is 0.415 e. The van der Waals surface area contributed by atoms with E-state index in [1.54, 1.807) is 11.8 Å². The number of amides is 1. The Balaban J connectivity index is 2.44. The van der Waals surface area contributed by atoms with Gasteiger partial charge in [0, 0.05) is 13.2 Å².